The average molecular weight is 382 g/mol. The number of aromatic amines is 1. The third kappa shape index (κ3) is 4.61. The molecule has 0 spiro atoms. The summed E-state index contributed by atoms with van der Waals surface area (Å²) in [5, 5.41) is 19.9. The van der Waals surface area contributed by atoms with Gasteiger partial charge in [0.2, 0.25) is 5.91 Å². The van der Waals surface area contributed by atoms with Gasteiger partial charge in [0, 0.05) is 23.5 Å². The first kappa shape index (κ1) is 19.3. The second-order valence-electron chi connectivity index (χ2n) is 6.65. The molecule has 0 aliphatic carbocycles. The highest BCUT2D eigenvalue weighted by Crippen LogP contribution is 2.19. The van der Waals surface area contributed by atoms with Crippen LogP contribution in [-0.4, -0.2) is 31.3 Å². The van der Waals surface area contributed by atoms with Gasteiger partial charge in [0.15, 0.2) is 0 Å². The summed E-state index contributed by atoms with van der Waals surface area (Å²) in [7, 11) is 0. The lowest BCUT2D eigenvalue weighted by Gasteiger charge is -2.03. The van der Waals surface area contributed by atoms with Crippen LogP contribution < -0.4 is 5.43 Å². The minimum Gasteiger partial charge on any atom is -0.361 e. The van der Waals surface area contributed by atoms with E-state index < -0.39 is 4.92 Å². The quantitative estimate of drug-likeness (QED) is 0.353. The second kappa shape index (κ2) is 8.47. The Balaban J connectivity index is 1.47. The summed E-state index contributed by atoms with van der Waals surface area (Å²) in [4.78, 5) is 25.5. The van der Waals surface area contributed by atoms with Crippen LogP contribution in [0.4, 0.5) is 5.82 Å². The molecule has 2 N–H and O–H groups in total. The molecule has 0 aliphatic heterocycles. The molecule has 9 nitrogen and oxygen atoms in total. The number of nitrogens with zero attached hydrogens (tertiary/aromatic N) is 4. The minimum absolute atomic E-state index is 0.164. The normalized spacial score (nSPS) is 11.7. The van der Waals surface area contributed by atoms with Gasteiger partial charge in [-0.15, -0.1) is 0 Å². The molecule has 2 heterocycles. The highest BCUT2D eigenvalue weighted by Gasteiger charge is 2.15. The summed E-state index contributed by atoms with van der Waals surface area (Å²) in [6.07, 6.45) is 3.86. The lowest BCUT2D eigenvalue weighted by Crippen LogP contribution is -2.20. The van der Waals surface area contributed by atoms with Crippen LogP contribution in [0.5, 0.6) is 0 Å². The van der Waals surface area contributed by atoms with Crippen molar-refractivity contribution in [1.29, 1.82) is 0 Å². The van der Waals surface area contributed by atoms with Crippen molar-refractivity contribution in [3.05, 3.63) is 57.9 Å². The second-order valence-corrected chi connectivity index (χ2v) is 6.65. The largest absolute Gasteiger partial charge is 0.390 e. The van der Waals surface area contributed by atoms with Crippen LogP contribution in [0.2, 0.25) is 0 Å². The van der Waals surface area contributed by atoms with Crippen LogP contribution in [0.1, 0.15) is 31.0 Å². The number of carbonyl (C=O) groups excluding carboxylic acids is 1. The zero-order valence-corrected chi connectivity index (χ0v) is 15.8. The SMILES string of the molecule is CC(Cn1nc([N+](=O)[O-])cc1C)=NNC(=O)CCCc1c[nH]c2ccccc12. The molecule has 0 radical (unpaired) electrons. The number of H-pyrrole nitrogens is 1. The highest BCUT2D eigenvalue weighted by molar-refractivity contribution is 5.84. The van der Waals surface area contributed by atoms with Crippen LogP contribution in [-0.2, 0) is 17.8 Å². The molecular formula is C19H22N6O3. The first-order chi connectivity index (χ1) is 13.4. The molecule has 0 unspecified atom stereocenters. The standard InChI is InChI=1S/C19H22N6O3/c1-13(12-24-14(2)10-18(23-24)25(27)28)21-22-19(26)9-5-6-15-11-20-17-8-4-3-7-16(15)17/h3-4,7-8,10-11,20H,5-6,9,12H2,1-2H3,(H,22,26). The number of carbonyl (C=O) groups is 1. The van der Waals surface area contributed by atoms with Gasteiger partial charge in [0.25, 0.3) is 0 Å². The van der Waals surface area contributed by atoms with E-state index in [1.165, 1.54) is 21.7 Å². The third-order valence-corrected chi connectivity index (χ3v) is 4.43. The fraction of sp³-hybridized carbons (Fsp3) is 0.316. The number of nitro groups is 1. The number of aryl methyl sites for hydroxylation is 2. The number of para-hydroxylation sites is 1. The molecule has 0 atom stereocenters. The van der Waals surface area contributed by atoms with E-state index in [0.717, 1.165) is 11.9 Å². The Morgan fingerprint density at radius 1 is 1.39 bits per heavy atom. The van der Waals surface area contributed by atoms with E-state index in [0.29, 0.717) is 24.2 Å². The monoisotopic (exact) mass is 382 g/mol. The van der Waals surface area contributed by atoms with Crippen molar-refractivity contribution in [3.8, 4) is 0 Å². The van der Waals surface area contributed by atoms with Crippen molar-refractivity contribution < 1.29 is 9.72 Å². The number of nitrogens with one attached hydrogen (secondary N) is 2. The zero-order valence-electron chi connectivity index (χ0n) is 15.8. The molecule has 9 heteroatoms. The van der Waals surface area contributed by atoms with Gasteiger partial charge in [-0.3, -0.25) is 4.79 Å². The van der Waals surface area contributed by atoms with Crippen molar-refractivity contribution >= 4 is 28.3 Å². The van der Waals surface area contributed by atoms with Gasteiger partial charge in [0.1, 0.15) is 6.54 Å². The number of benzene rings is 1. The smallest absolute Gasteiger partial charge is 0.361 e. The first-order valence-electron chi connectivity index (χ1n) is 9.00. The Hall–Kier alpha value is -3.49. The zero-order chi connectivity index (χ0) is 20.1. The summed E-state index contributed by atoms with van der Waals surface area (Å²) >= 11 is 0. The number of hydrogen-bond acceptors (Lipinski definition) is 5. The van der Waals surface area contributed by atoms with Crippen LogP contribution in [0.15, 0.2) is 41.6 Å². The molecular weight excluding hydrogens is 360 g/mol. The maximum Gasteiger partial charge on any atom is 0.390 e. The van der Waals surface area contributed by atoms with Crippen molar-refractivity contribution in [2.75, 3.05) is 0 Å². The van der Waals surface area contributed by atoms with Crippen molar-refractivity contribution in [2.24, 2.45) is 5.10 Å². The van der Waals surface area contributed by atoms with E-state index >= 15 is 0 Å². The Bertz CT molecular complexity index is 1030. The molecule has 3 aromatic rings. The van der Waals surface area contributed by atoms with E-state index in [1.54, 1.807) is 13.8 Å². The van der Waals surface area contributed by atoms with Crippen molar-refractivity contribution in [1.82, 2.24) is 20.2 Å². The number of aromatic nitrogens is 3. The first-order valence-corrected chi connectivity index (χ1v) is 9.00. The van der Waals surface area contributed by atoms with Crippen LogP contribution in [0.3, 0.4) is 0 Å². The number of rotatable bonds is 8. The number of amides is 1. The molecule has 0 aliphatic rings. The van der Waals surface area contributed by atoms with Gasteiger partial charge in [-0.05, 0) is 43.2 Å². The summed E-state index contributed by atoms with van der Waals surface area (Å²) in [6, 6.07) is 9.48. The van der Waals surface area contributed by atoms with E-state index in [-0.39, 0.29) is 18.3 Å². The number of fused-ring (bicyclic) bond motifs is 1. The summed E-state index contributed by atoms with van der Waals surface area (Å²) in [5.74, 6) is -0.367. The van der Waals surface area contributed by atoms with Gasteiger partial charge in [-0.2, -0.15) is 9.78 Å². The molecule has 3 rings (SSSR count). The number of hydrogen-bond donors (Lipinski definition) is 2. The molecule has 0 bridgehead atoms. The average Bonchev–Trinajstić information content (AvgIpc) is 3.24. The predicted octanol–water partition coefficient (Wildman–Crippen LogP) is 3.10. The third-order valence-electron chi connectivity index (χ3n) is 4.43. The minimum atomic E-state index is -0.536. The summed E-state index contributed by atoms with van der Waals surface area (Å²) in [5.41, 5.74) is 6.08. The molecule has 28 heavy (non-hydrogen) atoms. The molecule has 2 aromatic heterocycles. The van der Waals surface area contributed by atoms with Crippen LogP contribution in [0.25, 0.3) is 10.9 Å². The van der Waals surface area contributed by atoms with E-state index in [4.69, 9.17) is 0 Å². The van der Waals surface area contributed by atoms with Crippen molar-refractivity contribution in [2.45, 2.75) is 39.7 Å². The summed E-state index contributed by atoms with van der Waals surface area (Å²) in [6.45, 7) is 3.74. The molecule has 1 amide bonds. The topological polar surface area (TPSA) is 118 Å². The lowest BCUT2D eigenvalue weighted by atomic mass is 10.1. The Kier molecular flexibility index (Phi) is 5.83. The fourth-order valence-electron chi connectivity index (χ4n) is 2.99. The van der Waals surface area contributed by atoms with Gasteiger partial charge in [-0.1, -0.05) is 18.2 Å². The van der Waals surface area contributed by atoms with E-state index in [1.807, 2.05) is 24.4 Å². The van der Waals surface area contributed by atoms with Crippen molar-refractivity contribution in [3.63, 3.8) is 0 Å². The molecule has 0 saturated carbocycles. The maximum absolute atomic E-state index is 12.0. The van der Waals surface area contributed by atoms with Crippen LogP contribution in [0, 0.1) is 17.0 Å². The Labute approximate surface area is 161 Å². The van der Waals surface area contributed by atoms with Gasteiger partial charge in [-0.25, -0.2) is 5.43 Å². The van der Waals surface area contributed by atoms with Gasteiger partial charge < -0.3 is 15.1 Å². The molecule has 0 saturated heterocycles. The Morgan fingerprint density at radius 3 is 2.93 bits per heavy atom. The fourth-order valence-corrected chi connectivity index (χ4v) is 2.99. The van der Waals surface area contributed by atoms with Gasteiger partial charge in [0.05, 0.1) is 22.6 Å². The number of hydrazone groups is 1. The maximum atomic E-state index is 12.0. The molecule has 1 aromatic carbocycles. The van der Waals surface area contributed by atoms with E-state index in [2.05, 4.69) is 26.7 Å². The van der Waals surface area contributed by atoms with Gasteiger partial charge >= 0.3 is 5.82 Å². The Morgan fingerprint density at radius 2 is 2.18 bits per heavy atom. The molecule has 0 fully saturated rings. The highest BCUT2D eigenvalue weighted by atomic mass is 16.6. The summed E-state index contributed by atoms with van der Waals surface area (Å²) < 4.78 is 1.49. The predicted molar refractivity (Wildman–Crippen MR) is 106 cm³/mol. The van der Waals surface area contributed by atoms with E-state index in [9.17, 15) is 14.9 Å². The molecule has 146 valence electrons. The van der Waals surface area contributed by atoms with Crippen LogP contribution >= 0.6 is 0 Å². The lowest BCUT2D eigenvalue weighted by molar-refractivity contribution is -0.389.